The van der Waals surface area contributed by atoms with Crippen molar-refractivity contribution in [3.8, 4) is 0 Å². The number of nitrogens with two attached hydrogens (primary N) is 1. The molecule has 1 saturated carbocycles. The van der Waals surface area contributed by atoms with Gasteiger partial charge in [-0.2, -0.15) is 0 Å². The van der Waals surface area contributed by atoms with Gasteiger partial charge in [0.25, 0.3) is 0 Å². The van der Waals surface area contributed by atoms with E-state index in [9.17, 15) is 10.1 Å². The van der Waals surface area contributed by atoms with Gasteiger partial charge in [-0.15, -0.1) is 0 Å². The Kier molecular flexibility index (Phi) is 3.96. The van der Waals surface area contributed by atoms with Crippen LogP contribution in [0.5, 0.6) is 0 Å². The lowest BCUT2D eigenvalue weighted by Crippen LogP contribution is -2.47. The molecular weight excluding hydrogens is 268 g/mol. The summed E-state index contributed by atoms with van der Waals surface area (Å²) >= 11 is 0. The first-order valence-electron chi connectivity index (χ1n) is 7.73. The van der Waals surface area contributed by atoms with Gasteiger partial charge in [0.2, 0.25) is 0 Å². The Bertz CT molecular complexity index is 532. The number of anilines is 2. The Morgan fingerprint density at radius 3 is 2.76 bits per heavy atom. The zero-order valence-electron chi connectivity index (χ0n) is 12.1. The highest BCUT2D eigenvalue weighted by Gasteiger charge is 2.36. The number of hydrogen-bond acceptors (Lipinski definition) is 5. The van der Waals surface area contributed by atoms with Crippen LogP contribution in [0, 0.1) is 16.0 Å². The number of nitro groups is 1. The SMILES string of the molecule is NNc1cccc(N2CCCC3CCCCC32)c1[N+](=O)[O-]. The Morgan fingerprint density at radius 1 is 1.24 bits per heavy atom. The molecule has 2 fully saturated rings. The van der Waals surface area contributed by atoms with Crippen molar-refractivity contribution < 1.29 is 4.92 Å². The standard InChI is InChI=1S/C15H22N4O2/c16-17-12-7-3-9-14(15(12)19(20)21)18-10-4-6-11-5-1-2-8-13(11)18/h3,7,9,11,13,17H,1-2,4-6,8,10,16H2. The van der Waals surface area contributed by atoms with E-state index in [-0.39, 0.29) is 10.6 Å². The normalized spacial score (nSPS) is 25.3. The highest BCUT2D eigenvalue weighted by Crippen LogP contribution is 2.42. The van der Waals surface area contributed by atoms with Gasteiger partial charge < -0.3 is 10.3 Å². The molecule has 1 aromatic rings. The van der Waals surface area contributed by atoms with Crippen molar-refractivity contribution in [1.29, 1.82) is 0 Å². The summed E-state index contributed by atoms with van der Waals surface area (Å²) in [6.07, 6.45) is 7.27. The van der Waals surface area contributed by atoms with Crippen molar-refractivity contribution in [1.82, 2.24) is 0 Å². The van der Waals surface area contributed by atoms with E-state index in [1.807, 2.05) is 12.1 Å². The fourth-order valence-electron chi connectivity index (χ4n) is 4.00. The van der Waals surface area contributed by atoms with Gasteiger partial charge in [0.1, 0.15) is 11.4 Å². The van der Waals surface area contributed by atoms with Crippen LogP contribution < -0.4 is 16.2 Å². The molecule has 21 heavy (non-hydrogen) atoms. The summed E-state index contributed by atoms with van der Waals surface area (Å²) in [5.41, 5.74) is 3.66. The summed E-state index contributed by atoms with van der Waals surface area (Å²) in [6, 6.07) is 5.79. The van der Waals surface area contributed by atoms with Crippen LogP contribution in [0.25, 0.3) is 0 Å². The molecule has 2 unspecified atom stereocenters. The van der Waals surface area contributed by atoms with E-state index in [4.69, 9.17) is 5.84 Å². The Morgan fingerprint density at radius 2 is 2.00 bits per heavy atom. The molecule has 0 amide bonds. The van der Waals surface area contributed by atoms with Crippen LogP contribution in [0.4, 0.5) is 17.1 Å². The first kappa shape index (κ1) is 14.1. The van der Waals surface area contributed by atoms with Gasteiger partial charge in [-0.05, 0) is 43.7 Å². The summed E-state index contributed by atoms with van der Waals surface area (Å²) in [5.74, 6) is 6.13. The molecular formula is C15H22N4O2. The average molecular weight is 290 g/mol. The van der Waals surface area contributed by atoms with Gasteiger partial charge in [-0.3, -0.25) is 16.0 Å². The second-order valence-corrected chi connectivity index (χ2v) is 6.02. The zero-order valence-corrected chi connectivity index (χ0v) is 12.1. The number of nitrogens with one attached hydrogen (secondary N) is 1. The number of benzene rings is 1. The Labute approximate surface area is 124 Å². The molecule has 1 aliphatic heterocycles. The second-order valence-electron chi connectivity index (χ2n) is 6.02. The molecule has 114 valence electrons. The molecule has 2 atom stereocenters. The number of rotatable bonds is 3. The number of hydrazine groups is 1. The van der Waals surface area contributed by atoms with Crippen LogP contribution in [-0.2, 0) is 0 Å². The maximum absolute atomic E-state index is 11.5. The highest BCUT2D eigenvalue weighted by atomic mass is 16.6. The van der Waals surface area contributed by atoms with E-state index in [0.29, 0.717) is 23.3 Å². The number of nitrogens with zero attached hydrogens (tertiary/aromatic N) is 2. The second kappa shape index (κ2) is 5.89. The summed E-state index contributed by atoms with van der Waals surface area (Å²) in [6.45, 7) is 0.899. The van der Waals surface area contributed by atoms with Crippen LogP contribution in [-0.4, -0.2) is 17.5 Å². The average Bonchev–Trinajstić information content (AvgIpc) is 2.53. The van der Waals surface area contributed by atoms with E-state index in [0.717, 1.165) is 19.4 Å². The molecule has 1 aliphatic carbocycles. The molecule has 6 nitrogen and oxygen atoms in total. The molecule has 3 rings (SSSR count). The van der Waals surface area contributed by atoms with E-state index in [1.54, 1.807) is 6.07 Å². The molecule has 6 heteroatoms. The van der Waals surface area contributed by atoms with Crippen molar-refractivity contribution in [2.24, 2.45) is 11.8 Å². The van der Waals surface area contributed by atoms with Gasteiger partial charge in [0.05, 0.1) is 4.92 Å². The van der Waals surface area contributed by atoms with E-state index < -0.39 is 0 Å². The number of para-hydroxylation sites is 1. The Balaban J connectivity index is 2.00. The number of hydrogen-bond donors (Lipinski definition) is 2. The third-order valence-corrected chi connectivity index (χ3v) is 4.91. The molecule has 0 radical (unpaired) electrons. The van der Waals surface area contributed by atoms with E-state index >= 15 is 0 Å². The monoisotopic (exact) mass is 290 g/mol. The third kappa shape index (κ3) is 2.55. The predicted molar refractivity (Wildman–Crippen MR) is 83.2 cm³/mol. The summed E-state index contributed by atoms with van der Waals surface area (Å²) in [7, 11) is 0. The fourth-order valence-corrected chi connectivity index (χ4v) is 4.00. The number of piperidine rings is 1. The molecule has 0 aromatic heterocycles. The Hall–Kier alpha value is -1.82. The number of nitro benzene ring substituents is 1. The summed E-state index contributed by atoms with van der Waals surface area (Å²) < 4.78 is 0. The van der Waals surface area contributed by atoms with Crippen LogP contribution in [0.15, 0.2) is 18.2 Å². The maximum Gasteiger partial charge on any atom is 0.316 e. The van der Waals surface area contributed by atoms with Crippen molar-refractivity contribution in [3.63, 3.8) is 0 Å². The van der Waals surface area contributed by atoms with Crippen molar-refractivity contribution in [2.75, 3.05) is 16.9 Å². The van der Waals surface area contributed by atoms with Gasteiger partial charge in [-0.25, -0.2) is 0 Å². The van der Waals surface area contributed by atoms with Gasteiger partial charge in [0, 0.05) is 12.6 Å². The van der Waals surface area contributed by atoms with Gasteiger partial charge in [0.15, 0.2) is 0 Å². The molecule has 2 aliphatic rings. The minimum atomic E-state index is -0.322. The lowest BCUT2D eigenvalue weighted by Gasteiger charge is -2.45. The van der Waals surface area contributed by atoms with Crippen LogP contribution in [0.3, 0.4) is 0 Å². The topological polar surface area (TPSA) is 84.4 Å². The van der Waals surface area contributed by atoms with Crippen molar-refractivity contribution in [2.45, 2.75) is 44.6 Å². The smallest absolute Gasteiger partial charge is 0.316 e. The largest absolute Gasteiger partial charge is 0.363 e. The number of fused-ring (bicyclic) bond motifs is 1. The first-order chi connectivity index (χ1) is 10.2. The van der Waals surface area contributed by atoms with Crippen molar-refractivity contribution >= 4 is 17.1 Å². The first-order valence-corrected chi connectivity index (χ1v) is 7.73. The molecule has 1 saturated heterocycles. The van der Waals surface area contributed by atoms with Gasteiger partial charge >= 0.3 is 5.69 Å². The van der Waals surface area contributed by atoms with Crippen LogP contribution in [0.1, 0.15) is 38.5 Å². The lowest BCUT2D eigenvalue weighted by atomic mass is 9.78. The molecule has 3 N–H and O–H groups in total. The third-order valence-electron chi connectivity index (χ3n) is 4.91. The van der Waals surface area contributed by atoms with Crippen LogP contribution >= 0.6 is 0 Å². The van der Waals surface area contributed by atoms with Crippen molar-refractivity contribution in [3.05, 3.63) is 28.3 Å². The molecule has 0 bridgehead atoms. The summed E-state index contributed by atoms with van der Waals surface area (Å²) in [5, 5.41) is 11.5. The van der Waals surface area contributed by atoms with Gasteiger partial charge in [-0.1, -0.05) is 18.9 Å². The van der Waals surface area contributed by atoms with E-state index in [2.05, 4.69) is 10.3 Å². The highest BCUT2D eigenvalue weighted by molar-refractivity contribution is 5.77. The predicted octanol–water partition coefficient (Wildman–Crippen LogP) is 3.04. The van der Waals surface area contributed by atoms with E-state index in [1.165, 1.54) is 25.7 Å². The minimum absolute atomic E-state index is 0.103. The molecule has 0 spiro atoms. The zero-order chi connectivity index (χ0) is 14.8. The quantitative estimate of drug-likeness (QED) is 0.508. The maximum atomic E-state index is 11.5. The fraction of sp³-hybridized carbons (Fsp3) is 0.600. The summed E-state index contributed by atoms with van der Waals surface area (Å²) in [4.78, 5) is 13.4. The number of nitrogen functional groups attached to an aromatic ring is 1. The lowest BCUT2D eigenvalue weighted by molar-refractivity contribution is -0.383. The molecule has 1 aromatic carbocycles. The molecule has 1 heterocycles. The minimum Gasteiger partial charge on any atom is -0.363 e. The van der Waals surface area contributed by atoms with Crippen LogP contribution in [0.2, 0.25) is 0 Å².